The van der Waals surface area contributed by atoms with Gasteiger partial charge in [-0.3, -0.25) is 0 Å². The lowest BCUT2D eigenvalue weighted by atomic mass is 10.1. The van der Waals surface area contributed by atoms with Gasteiger partial charge in [-0.15, -0.1) is 0 Å². The molecule has 0 spiro atoms. The average Bonchev–Trinajstić information content (AvgIpc) is 2.04. The number of nitrogens with two attached hydrogens (primary N) is 1. The van der Waals surface area contributed by atoms with E-state index in [1.807, 2.05) is 18.2 Å². The number of aliphatic hydroxyl groups excluding tert-OH is 1. The third-order valence-corrected chi connectivity index (χ3v) is 1.77. The van der Waals surface area contributed by atoms with Crippen molar-refractivity contribution >= 4 is 5.70 Å². The molecule has 0 amide bonds. The van der Waals surface area contributed by atoms with Gasteiger partial charge in [-0.1, -0.05) is 12.1 Å². The molecule has 1 aromatic carbocycles. The Balaban J connectivity index is 2.53. The number of rotatable bonds is 0. The van der Waals surface area contributed by atoms with E-state index < -0.39 is 6.29 Å². The van der Waals surface area contributed by atoms with Crippen molar-refractivity contribution in [1.82, 2.24) is 0 Å². The number of ether oxygens (including phenoxy) is 1. The van der Waals surface area contributed by atoms with Gasteiger partial charge in [-0.25, -0.2) is 0 Å². The van der Waals surface area contributed by atoms with E-state index in [0.717, 1.165) is 5.56 Å². The first-order valence-corrected chi connectivity index (χ1v) is 3.69. The van der Waals surface area contributed by atoms with E-state index in [9.17, 15) is 0 Å². The Labute approximate surface area is 70.1 Å². The molecule has 0 fully saturated rings. The highest BCUT2D eigenvalue weighted by Gasteiger charge is 2.15. The quantitative estimate of drug-likeness (QED) is 0.591. The number of hydrogen-bond acceptors (Lipinski definition) is 3. The molecule has 1 atom stereocenters. The summed E-state index contributed by atoms with van der Waals surface area (Å²) in [7, 11) is 0. The van der Waals surface area contributed by atoms with Crippen molar-refractivity contribution in [3.8, 4) is 5.75 Å². The van der Waals surface area contributed by atoms with E-state index in [2.05, 4.69) is 0 Å². The molecule has 1 aliphatic heterocycles. The third-order valence-electron chi connectivity index (χ3n) is 1.77. The van der Waals surface area contributed by atoms with E-state index in [0.29, 0.717) is 11.4 Å². The first kappa shape index (κ1) is 7.18. The number of fused-ring (bicyclic) bond motifs is 1. The van der Waals surface area contributed by atoms with Crippen molar-refractivity contribution in [2.45, 2.75) is 6.29 Å². The van der Waals surface area contributed by atoms with Gasteiger partial charge in [0.25, 0.3) is 0 Å². The second kappa shape index (κ2) is 2.53. The molecule has 62 valence electrons. The maximum absolute atomic E-state index is 9.15. The van der Waals surface area contributed by atoms with Crippen LogP contribution in [-0.2, 0) is 0 Å². The number of aliphatic hydroxyl groups is 1. The molecule has 0 saturated heterocycles. The number of hydrogen-bond donors (Lipinski definition) is 2. The zero-order valence-corrected chi connectivity index (χ0v) is 6.40. The fraction of sp³-hybridized carbons (Fsp3) is 0.111. The monoisotopic (exact) mass is 163 g/mol. The predicted molar refractivity (Wildman–Crippen MR) is 45.2 cm³/mol. The Morgan fingerprint density at radius 1 is 1.33 bits per heavy atom. The molecule has 1 unspecified atom stereocenters. The van der Waals surface area contributed by atoms with Gasteiger partial charge in [0.15, 0.2) is 0 Å². The highest BCUT2D eigenvalue weighted by atomic mass is 16.6. The average molecular weight is 163 g/mol. The summed E-state index contributed by atoms with van der Waals surface area (Å²) in [6.45, 7) is 0. The summed E-state index contributed by atoms with van der Waals surface area (Å²) in [4.78, 5) is 0. The largest absolute Gasteiger partial charge is 0.461 e. The third kappa shape index (κ3) is 1.04. The summed E-state index contributed by atoms with van der Waals surface area (Å²) < 4.78 is 5.10. The summed E-state index contributed by atoms with van der Waals surface area (Å²) in [5.41, 5.74) is 7.05. The molecule has 2 rings (SSSR count). The Morgan fingerprint density at radius 2 is 2.08 bits per heavy atom. The molecule has 1 heterocycles. The van der Waals surface area contributed by atoms with Gasteiger partial charge in [-0.05, 0) is 12.1 Å². The van der Waals surface area contributed by atoms with Crippen LogP contribution in [-0.4, -0.2) is 11.4 Å². The molecule has 3 heteroatoms. The summed E-state index contributed by atoms with van der Waals surface area (Å²) >= 11 is 0. The normalized spacial score (nSPS) is 20.8. The zero-order chi connectivity index (χ0) is 8.55. The zero-order valence-electron chi connectivity index (χ0n) is 6.40. The molecule has 0 radical (unpaired) electrons. The molecule has 0 aliphatic carbocycles. The van der Waals surface area contributed by atoms with Gasteiger partial charge in [0, 0.05) is 17.3 Å². The van der Waals surface area contributed by atoms with E-state index in [4.69, 9.17) is 15.6 Å². The second-order valence-electron chi connectivity index (χ2n) is 2.63. The highest BCUT2D eigenvalue weighted by molar-refractivity contribution is 5.69. The van der Waals surface area contributed by atoms with E-state index in [-0.39, 0.29) is 0 Å². The maximum Gasteiger partial charge on any atom is 0.219 e. The Kier molecular flexibility index (Phi) is 1.52. The molecule has 3 nitrogen and oxygen atoms in total. The summed E-state index contributed by atoms with van der Waals surface area (Å²) in [6, 6.07) is 7.34. The molecule has 0 aromatic heterocycles. The molecule has 1 aromatic rings. The Bertz CT molecular complexity index is 333. The van der Waals surface area contributed by atoms with Crippen LogP contribution < -0.4 is 10.5 Å². The number of para-hydroxylation sites is 1. The second-order valence-corrected chi connectivity index (χ2v) is 2.63. The van der Waals surface area contributed by atoms with Crippen LogP contribution in [0.1, 0.15) is 5.56 Å². The SMILES string of the molecule is NC1=CC(O)Oc2ccccc21. The Morgan fingerprint density at radius 3 is 2.92 bits per heavy atom. The maximum atomic E-state index is 9.15. The van der Waals surface area contributed by atoms with E-state index >= 15 is 0 Å². The van der Waals surface area contributed by atoms with Crippen molar-refractivity contribution in [3.63, 3.8) is 0 Å². The van der Waals surface area contributed by atoms with Gasteiger partial charge < -0.3 is 15.6 Å². The van der Waals surface area contributed by atoms with E-state index in [1.54, 1.807) is 6.07 Å². The summed E-state index contributed by atoms with van der Waals surface area (Å²) in [5.74, 6) is 0.630. The lowest BCUT2D eigenvalue weighted by molar-refractivity contribution is 0.0224. The van der Waals surface area contributed by atoms with E-state index in [1.165, 1.54) is 6.08 Å². The summed E-state index contributed by atoms with van der Waals surface area (Å²) in [5, 5.41) is 9.15. The van der Waals surface area contributed by atoms with Crippen LogP contribution in [0.2, 0.25) is 0 Å². The minimum atomic E-state index is -0.917. The van der Waals surface area contributed by atoms with Crippen molar-refractivity contribution in [2.24, 2.45) is 5.73 Å². The molecule has 1 aliphatic rings. The first-order chi connectivity index (χ1) is 5.77. The Hall–Kier alpha value is -1.48. The van der Waals surface area contributed by atoms with Crippen molar-refractivity contribution in [3.05, 3.63) is 35.9 Å². The fourth-order valence-electron chi connectivity index (χ4n) is 1.22. The van der Waals surface area contributed by atoms with Crippen LogP contribution in [0.25, 0.3) is 5.70 Å². The highest BCUT2D eigenvalue weighted by Crippen LogP contribution is 2.27. The molecule has 0 bridgehead atoms. The molecule has 0 saturated carbocycles. The van der Waals surface area contributed by atoms with Gasteiger partial charge in [0.1, 0.15) is 5.75 Å². The smallest absolute Gasteiger partial charge is 0.219 e. The van der Waals surface area contributed by atoms with Gasteiger partial charge in [-0.2, -0.15) is 0 Å². The van der Waals surface area contributed by atoms with Crippen molar-refractivity contribution in [1.29, 1.82) is 0 Å². The van der Waals surface area contributed by atoms with Crippen LogP contribution in [0.3, 0.4) is 0 Å². The van der Waals surface area contributed by atoms with Crippen LogP contribution in [0.5, 0.6) is 5.75 Å². The summed E-state index contributed by atoms with van der Waals surface area (Å²) in [6.07, 6.45) is 0.558. The van der Waals surface area contributed by atoms with Crippen LogP contribution >= 0.6 is 0 Å². The molecular weight excluding hydrogens is 154 g/mol. The molecular formula is C9H9NO2. The van der Waals surface area contributed by atoms with Crippen LogP contribution in [0.15, 0.2) is 30.3 Å². The van der Waals surface area contributed by atoms with Crippen LogP contribution in [0, 0.1) is 0 Å². The molecule has 12 heavy (non-hydrogen) atoms. The van der Waals surface area contributed by atoms with Gasteiger partial charge >= 0.3 is 0 Å². The van der Waals surface area contributed by atoms with Crippen molar-refractivity contribution < 1.29 is 9.84 Å². The minimum Gasteiger partial charge on any atom is -0.461 e. The standard InChI is InChI=1S/C9H9NO2/c10-7-5-9(11)12-8-4-2-1-3-6(7)8/h1-5,9,11H,10H2. The molecule has 3 N–H and O–H groups in total. The lowest BCUT2D eigenvalue weighted by Crippen LogP contribution is -2.19. The van der Waals surface area contributed by atoms with Crippen LogP contribution in [0.4, 0.5) is 0 Å². The first-order valence-electron chi connectivity index (χ1n) is 3.69. The van der Waals surface area contributed by atoms with Gasteiger partial charge in [0.2, 0.25) is 6.29 Å². The topological polar surface area (TPSA) is 55.5 Å². The van der Waals surface area contributed by atoms with Crippen molar-refractivity contribution in [2.75, 3.05) is 0 Å². The predicted octanol–water partition coefficient (Wildman–Crippen LogP) is 0.697. The minimum absolute atomic E-state index is 0.560. The lowest BCUT2D eigenvalue weighted by Gasteiger charge is -2.19. The van der Waals surface area contributed by atoms with Gasteiger partial charge in [0.05, 0.1) is 0 Å². The fourth-order valence-corrected chi connectivity index (χ4v) is 1.22. The number of benzene rings is 1.